The van der Waals surface area contributed by atoms with E-state index in [-0.39, 0.29) is 0 Å². The van der Waals surface area contributed by atoms with E-state index in [9.17, 15) is 0 Å². The van der Waals surface area contributed by atoms with Crippen LogP contribution in [0.4, 0.5) is 0 Å². The molecule has 1 aromatic heterocycles. The lowest BCUT2D eigenvalue weighted by atomic mass is 10.2. The topological polar surface area (TPSA) is 34.1 Å². The second-order valence-electron chi connectivity index (χ2n) is 3.49. The number of hydrogen-bond donors (Lipinski definition) is 1. The van der Waals surface area contributed by atoms with E-state index in [2.05, 4.69) is 40.2 Å². The van der Waals surface area contributed by atoms with E-state index in [1.54, 1.807) is 6.20 Å². The summed E-state index contributed by atoms with van der Waals surface area (Å²) in [5, 5.41) is 0. The summed E-state index contributed by atoms with van der Waals surface area (Å²) in [6, 6.07) is 3.92. The molecule has 0 saturated heterocycles. The highest BCUT2D eigenvalue weighted by Gasteiger charge is 1.96. The van der Waals surface area contributed by atoms with Crippen LogP contribution in [0.2, 0.25) is 0 Å². The molecule has 0 fully saturated rings. The molecule has 0 unspecified atom stereocenters. The molecule has 0 amide bonds. The van der Waals surface area contributed by atoms with Crippen LogP contribution in [0.5, 0.6) is 0 Å². The Kier molecular flexibility index (Phi) is 5.07. The molecule has 4 heteroatoms. The number of aromatic nitrogens is 1. The molecule has 0 aliphatic carbocycles. The van der Waals surface area contributed by atoms with Gasteiger partial charge in [0.2, 0.25) is 0 Å². The molecule has 3 nitrogen and oxygen atoms in total. The number of pyridine rings is 1. The van der Waals surface area contributed by atoms with Gasteiger partial charge in [-0.15, -0.1) is 0 Å². The zero-order valence-corrected chi connectivity index (χ0v) is 10.0. The summed E-state index contributed by atoms with van der Waals surface area (Å²) in [4.78, 5) is 9.43. The minimum Gasteiger partial charge on any atom is -0.301 e. The van der Waals surface area contributed by atoms with Gasteiger partial charge in [-0.05, 0) is 34.0 Å². The number of hydrogen-bond acceptors (Lipinski definition) is 3. The van der Waals surface area contributed by atoms with Crippen LogP contribution >= 0.6 is 15.9 Å². The van der Waals surface area contributed by atoms with Crippen LogP contribution in [0, 0.1) is 5.92 Å². The smallest absolute Gasteiger partial charge is 0.0705 e. The SMILES string of the molecule is CC(C)CONCc1ccc(Br)cn1. The number of nitrogens with one attached hydrogen (secondary N) is 1. The Morgan fingerprint density at radius 1 is 1.50 bits per heavy atom. The van der Waals surface area contributed by atoms with Crippen molar-refractivity contribution in [2.75, 3.05) is 6.61 Å². The van der Waals surface area contributed by atoms with Crippen LogP contribution in [0.3, 0.4) is 0 Å². The average Bonchev–Trinajstić information content (AvgIpc) is 2.15. The number of nitrogens with zero attached hydrogens (tertiary/aromatic N) is 1. The molecule has 0 aliphatic rings. The monoisotopic (exact) mass is 258 g/mol. The Hall–Kier alpha value is -0.450. The molecule has 78 valence electrons. The first-order chi connectivity index (χ1) is 6.68. The summed E-state index contributed by atoms with van der Waals surface area (Å²) in [5.41, 5.74) is 3.84. The van der Waals surface area contributed by atoms with Crippen molar-refractivity contribution in [3.8, 4) is 0 Å². The molecule has 0 radical (unpaired) electrons. The molecule has 0 aliphatic heterocycles. The molecule has 0 atom stereocenters. The Balaban J connectivity index is 2.21. The Morgan fingerprint density at radius 3 is 2.86 bits per heavy atom. The molecule has 0 bridgehead atoms. The highest BCUT2D eigenvalue weighted by Crippen LogP contribution is 2.06. The van der Waals surface area contributed by atoms with Gasteiger partial charge in [0.25, 0.3) is 0 Å². The quantitative estimate of drug-likeness (QED) is 0.651. The van der Waals surface area contributed by atoms with Gasteiger partial charge < -0.3 is 4.84 Å². The largest absolute Gasteiger partial charge is 0.301 e. The Morgan fingerprint density at radius 2 is 2.29 bits per heavy atom. The summed E-state index contributed by atoms with van der Waals surface area (Å²) in [6.07, 6.45) is 1.78. The maximum Gasteiger partial charge on any atom is 0.0705 e. The van der Waals surface area contributed by atoms with Crippen molar-refractivity contribution in [2.24, 2.45) is 5.92 Å². The van der Waals surface area contributed by atoms with Gasteiger partial charge in [0.05, 0.1) is 18.8 Å². The van der Waals surface area contributed by atoms with Crippen LogP contribution in [0.25, 0.3) is 0 Å². The van der Waals surface area contributed by atoms with Crippen molar-refractivity contribution in [1.29, 1.82) is 0 Å². The molecule has 1 rings (SSSR count). The summed E-state index contributed by atoms with van der Waals surface area (Å²) in [5.74, 6) is 0.542. The van der Waals surface area contributed by atoms with Gasteiger partial charge in [0.1, 0.15) is 0 Å². The van der Waals surface area contributed by atoms with E-state index in [0.717, 1.165) is 16.8 Å². The first kappa shape index (κ1) is 11.6. The third-order valence-corrected chi connectivity index (χ3v) is 2.03. The number of halogens is 1. The minimum absolute atomic E-state index is 0.542. The van der Waals surface area contributed by atoms with Crippen LogP contribution in [-0.2, 0) is 11.4 Å². The van der Waals surface area contributed by atoms with E-state index in [1.165, 1.54) is 0 Å². The average molecular weight is 259 g/mol. The molecule has 14 heavy (non-hydrogen) atoms. The maximum absolute atomic E-state index is 5.23. The number of hydroxylamine groups is 1. The molecule has 1 heterocycles. The summed E-state index contributed by atoms with van der Waals surface area (Å²) in [6.45, 7) is 5.58. The van der Waals surface area contributed by atoms with Crippen molar-refractivity contribution in [3.63, 3.8) is 0 Å². The second kappa shape index (κ2) is 6.11. The highest BCUT2D eigenvalue weighted by molar-refractivity contribution is 9.10. The lowest BCUT2D eigenvalue weighted by Gasteiger charge is -2.07. The lowest BCUT2D eigenvalue weighted by molar-refractivity contribution is 0.0190. The standard InChI is InChI=1S/C10H15BrN2O/c1-8(2)7-14-13-6-10-4-3-9(11)5-12-10/h3-5,8,13H,6-7H2,1-2H3. The van der Waals surface area contributed by atoms with E-state index in [4.69, 9.17) is 4.84 Å². The van der Waals surface area contributed by atoms with Crippen molar-refractivity contribution < 1.29 is 4.84 Å². The molecule has 0 spiro atoms. The second-order valence-corrected chi connectivity index (χ2v) is 4.41. The van der Waals surface area contributed by atoms with Crippen LogP contribution in [0.1, 0.15) is 19.5 Å². The number of rotatable bonds is 5. The van der Waals surface area contributed by atoms with Gasteiger partial charge in [-0.3, -0.25) is 4.98 Å². The van der Waals surface area contributed by atoms with Crippen LogP contribution in [0.15, 0.2) is 22.8 Å². The molecule has 0 aromatic carbocycles. The fraction of sp³-hybridized carbons (Fsp3) is 0.500. The third kappa shape index (κ3) is 4.69. The Bertz CT molecular complexity index is 261. The predicted molar refractivity (Wildman–Crippen MR) is 59.6 cm³/mol. The predicted octanol–water partition coefficient (Wildman–Crippen LogP) is 2.52. The molecular formula is C10H15BrN2O. The zero-order valence-electron chi connectivity index (χ0n) is 8.46. The summed E-state index contributed by atoms with van der Waals surface area (Å²) < 4.78 is 0.990. The van der Waals surface area contributed by atoms with Gasteiger partial charge in [0.15, 0.2) is 0 Å². The fourth-order valence-electron chi connectivity index (χ4n) is 0.862. The van der Waals surface area contributed by atoms with E-state index >= 15 is 0 Å². The molecule has 1 N–H and O–H groups in total. The van der Waals surface area contributed by atoms with Crippen molar-refractivity contribution in [3.05, 3.63) is 28.5 Å². The highest BCUT2D eigenvalue weighted by atomic mass is 79.9. The van der Waals surface area contributed by atoms with Gasteiger partial charge in [-0.2, -0.15) is 5.48 Å². The van der Waals surface area contributed by atoms with Crippen molar-refractivity contribution in [2.45, 2.75) is 20.4 Å². The van der Waals surface area contributed by atoms with E-state index in [0.29, 0.717) is 12.5 Å². The van der Waals surface area contributed by atoms with Gasteiger partial charge >= 0.3 is 0 Å². The first-order valence-corrected chi connectivity index (χ1v) is 5.43. The van der Waals surface area contributed by atoms with E-state index < -0.39 is 0 Å². The zero-order chi connectivity index (χ0) is 10.4. The lowest BCUT2D eigenvalue weighted by Crippen LogP contribution is -2.17. The van der Waals surface area contributed by atoms with Crippen LogP contribution in [-0.4, -0.2) is 11.6 Å². The first-order valence-electron chi connectivity index (χ1n) is 4.63. The maximum atomic E-state index is 5.23. The van der Waals surface area contributed by atoms with Gasteiger partial charge in [-0.1, -0.05) is 13.8 Å². The molecule has 0 saturated carbocycles. The van der Waals surface area contributed by atoms with Crippen molar-refractivity contribution in [1.82, 2.24) is 10.5 Å². The van der Waals surface area contributed by atoms with Crippen molar-refractivity contribution >= 4 is 15.9 Å². The minimum atomic E-state index is 0.542. The Labute approximate surface area is 93.0 Å². The summed E-state index contributed by atoms with van der Waals surface area (Å²) >= 11 is 3.33. The van der Waals surface area contributed by atoms with Gasteiger partial charge in [-0.25, -0.2) is 0 Å². The normalized spacial score (nSPS) is 10.9. The van der Waals surface area contributed by atoms with E-state index in [1.807, 2.05) is 12.1 Å². The third-order valence-electron chi connectivity index (χ3n) is 1.56. The summed E-state index contributed by atoms with van der Waals surface area (Å²) in [7, 11) is 0. The van der Waals surface area contributed by atoms with Gasteiger partial charge in [0, 0.05) is 10.7 Å². The molecular weight excluding hydrogens is 244 g/mol. The fourth-order valence-corrected chi connectivity index (χ4v) is 1.10. The van der Waals surface area contributed by atoms with Crippen LogP contribution < -0.4 is 5.48 Å². The molecule has 1 aromatic rings.